The molecule has 1 saturated carbocycles. The van der Waals surface area contributed by atoms with Crippen molar-refractivity contribution in [2.24, 2.45) is 11.1 Å². The molecular weight excluding hydrogens is 322 g/mol. The molecule has 7 heteroatoms. The number of urea groups is 1. The minimum atomic E-state index is -0.867. The Morgan fingerprint density at radius 2 is 1.92 bits per heavy atom. The molecule has 0 heterocycles. The van der Waals surface area contributed by atoms with Crippen molar-refractivity contribution in [1.29, 1.82) is 0 Å². The van der Waals surface area contributed by atoms with Crippen LogP contribution in [0, 0.1) is 5.92 Å². The molecule has 0 aliphatic heterocycles. The largest absolute Gasteiger partial charge is 0.392 e. The standard InChI is InChI=1S/C18H29N3O4/c1-6-8-13(21-25-9-7-2)16-14(22)10-12(11-15(16)23)19-17(24)20-18(3,4)5/h7,12,16H,2,6,8-11H2,1,3-5H3,(H2,19,20,24). The van der Waals surface area contributed by atoms with Crippen LogP contribution in [0.5, 0.6) is 0 Å². The molecule has 0 spiro atoms. The zero-order valence-electron chi connectivity index (χ0n) is 15.6. The van der Waals surface area contributed by atoms with Gasteiger partial charge >= 0.3 is 6.03 Å². The highest BCUT2D eigenvalue weighted by atomic mass is 16.6. The van der Waals surface area contributed by atoms with Gasteiger partial charge in [0.2, 0.25) is 0 Å². The number of ketones is 2. The molecule has 7 nitrogen and oxygen atoms in total. The third-order valence-corrected chi connectivity index (χ3v) is 3.58. The van der Waals surface area contributed by atoms with Gasteiger partial charge in [-0.1, -0.05) is 31.2 Å². The number of Topliss-reactive ketones (excluding diaryl/α,β-unsaturated/α-hetero) is 2. The SMILES string of the molecule is C=CCON=C(CCC)C1C(=O)CC(NC(=O)NC(C)(C)C)CC1=O. The van der Waals surface area contributed by atoms with Crippen molar-refractivity contribution in [2.45, 2.75) is 65.0 Å². The van der Waals surface area contributed by atoms with Gasteiger partial charge in [0.15, 0.2) is 11.6 Å². The highest BCUT2D eigenvalue weighted by Gasteiger charge is 2.39. The van der Waals surface area contributed by atoms with E-state index in [0.29, 0.717) is 12.1 Å². The Kier molecular flexibility index (Phi) is 7.80. The van der Waals surface area contributed by atoms with Crippen molar-refractivity contribution in [3.05, 3.63) is 12.7 Å². The second kappa shape index (κ2) is 9.34. The summed E-state index contributed by atoms with van der Waals surface area (Å²) < 4.78 is 0. The molecule has 0 aromatic heterocycles. The first-order valence-electron chi connectivity index (χ1n) is 8.61. The average molecular weight is 351 g/mol. The van der Waals surface area contributed by atoms with Crippen LogP contribution >= 0.6 is 0 Å². The lowest BCUT2D eigenvalue weighted by Gasteiger charge is -2.29. The maximum absolute atomic E-state index is 12.5. The second-order valence-electron chi connectivity index (χ2n) is 7.24. The quantitative estimate of drug-likeness (QED) is 0.242. The molecular formula is C18H29N3O4. The first-order chi connectivity index (χ1) is 11.7. The van der Waals surface area contributed by atoms with E-state index in [1.807, 2.05) is 27.7 Å². The van der Waals surface area contributed by atoms with Crippen molar-refractivity contribution >= 4 is 23.3 Å². The van der Waals surface area contributed by atoms with Gasteiger partial charge in [-0.2, -0.15) is 0 Å². The van der Waals surface area contributed by atoms with E-state index in [0.717, 1.165) is 6.42 Å². The highest BCUT2D eigenvalue weighted by molar-refractivity contribution is 6.22. The Balaban J connectivity index is 2.75. The maximum Gasteiger partial charge on any atom is 0.315 e. The Labute approximate surface area is 149 Å². The number of carbonyl (C=O) groups excluding carboxylic acids is 3. The monoisotopic (exact) mass is 351 g/mol. The van der Waals surface area contributed by atoms with E-state index in [2.05, 4.69) is 22.4 Å². The number of nitrogens with zero attached hydrogens (tertiary/aromatic N) is 1. The number of rotatable bonds is 7. The van der Waals surface area contributed by atoms with Gasteiger partial charge in [0, 0.05) is 24.4 Å². The molecule has 25 heavy (non-hydrogen) atoms. The smallest absolute Gasteiger partial charge is 0.315 e. The third kappa shape index (κ3) is 7.07. The van der Waals surface area contributed by atoms with Crippen LogP contribution < -0.4 is 10.6 Å². The van der Waals surface area contributed by atoms with Crippen molar-refractivity contribution in [2.75, 3.05) is 6.61 Å². The van der Waals surface area contributed by atoms with E-state index in [9.17, 15) is 14.4 Å². The number of hydrogen-bond acceptors (Lipinski definition) is 5. The summed E-state index contributed by atoms with van der Waals surface area (Å²) in [6.07, 6.45) is 3.03. The Bertz CT molecular complexity index is 531. The van der Waals surface area contributed by atoms with Crippen molar-refractivity contribution < 1.29 is 19.2 Å². The average Bonchev–Trinajstić information content (AvgIpc) is 2.44. The van der Waals surface area contributed by atoms with E-state index in [4.69, 9.17) is 4.84 Å². The van der Waals surface area contributed by atoms with E-state index >= 15 is 0 Å². The molecule has 2 amide bonds. The predicted molar refractivity (Wildman–Crippen MR) is 96.4 cm³/mol. The molecule has 140 valence electrons. The first kappa shape index (κ1) is 20.9. The summed E-state index contributed by atoms with van der Waals surface area (Å²) in [4.78, 5) is 42.0. The van der Waals surface area contributed by atoms with Gasteiger partial charge in [0.25, 0.3) is 0 Å². The Hall–Kier alpha value is -2.18. The van der Waals surface area contributed by atoms with Gasteiger partial charge in [0.1, 0.15) is 12.5 Å². The lowest BCUT2D eigenvalue weighted by molar-refractivity contribution is -0.133. The van der Waals surface area contributed by atoms with Gasteiger partial charge in [-0.25, -0.2) is 4.79 Å². The number of hydrogen-bond donors (Lipinski definition) is 2. The number of amides is 2. The zero-order valence-corrected chi connectivity index (χ0v) is 15.6. The molecule has 0 aromatic rings. The summed E-state index contributed by atoms with van der Waals surface area (Å²) in [6.45, 7) is 11.3. The molecule has 0 atom stereocenters. The molecule has 0 radical (unpaired) electrons. The minimum absolute atomic E-state index is 0.109. The number of oxime groups is 1. The number of carbonyl (C=O) groups is 3. The molecule has 0 bridgehead atoms. The molecule has 0 saturated heterocycles. The third-order valence-electron chi connectivity index (χ3n) is 3.58. The normalized spacial score (nSPS) is 21.7. The zero-order chi connectivity index (χ0) is 19.0. The van der Waals surface area contributed by atoms with Gasteiger partial charge in [-0.15, -0.1) is 0 Å². The first-order valence-corrected chi connectivity index (χ1v) is 8.61. The van der Waals surface area contributed by atoms with Gasteiger partial charge < -0.3 is 15.5 Å². The van der Waals surface area contributed by atoms with Crippen LogP contribution in [-0.4, -0.2) is 41.5 Å². The summed E-state index contributed by atoms with van der Waals surface area (Å²) in [5.41, 5.74) is 0.0654. The van der Waals surface area contributed by atoms with Crippen LogP contribution in [-0.2, 0) is 14.4 Å². The van der Waals surface area contributed by atoms with Crippen molar-refractivity contribution in [3.8, 4) is 0 Å². The summed E-state index contributed by atoms with van der Waals surface area (Å²) in [5, 5.41) is 9.43. The molecule has 0 unspecified atom stereocenters. The van der Waals surface area contributed by atoms with Crippen LogP contribution in [0.3, 0.4) is 0 Å². The summed E-state index contributed by atoms with van der Waals surface area (Å²) in [5.74, 6) is -1.33. The van der Waals surface area contributed by atoms with Crippen molar-refractivity contribution in [3.63, 3.8) is 0 Å². The fourth-order valence-corrected chi connectivity index (χ4v) is 2.68. The molecule has 1 rings (SSSR count). The summed E-state index contributed by atoms with van der Waals surface area (Å²) >= 11 is 0. The Morgan fingerprint density at radius 3 is 2.40 bits per heavy atom. The maximum atomic E-state index is 12.5. The molecule has 0 aromatic carbocycles. The van der Waals surface area contributed by atoms with E-state index in [1.54, 1.807) is 6.08 Å². The van der Waals surface area contributed by atoms with Gasteiger partial charge in [0.05, 0.1) is 5.71 Å². The minimum Gasteiger partial charge on any atom is -0.392 e. The number of nitrogens with one attached hydrogen (secondary N) is 2. The molecule has 1 aliphatic carbocycles. The predicted octanol–water partition coefficient (Wildman–Crippen LogP) is 2.36. The van der Waals surface area contributed by atoms with Crippen LogP contribution in [0.2, 0.25) is 0 Å². The topological polar surface area (TPSA) is 96.9 Å². The second-order valence-corrected chi connectivity index (χ2v) is 7.24. The van der Waals surface area contributed by atoms with Crippen LogP contribution in [0.4, 0.5) is 4.79 Å². The fraction of sp³-hybridized carbons (Fsp3) is 0.667. The highest BCUT2D eigenvalue weighted by Crippen LogP contribution is 2.22. The molecule has 2 N–H and O–H groups in total. The lowest BCUT2D eigenvalue weighted by atomic mass is 9.80. The lowest BCUT2D eigenvalue weighted by Crippen LogP contribution is -2.53. The van der Waals surface area contributed by atoms with E-state index in [1.165, 1.54) is 0 Å². The van der Waals surface area contributed by atoms with Crippen molar-refractivity contribution in [1.82, 2.24) is 10.6 Å². The van der Waals surface area contributed by atoms with E-state index < -0.39 is 17.5 Å². The van der Waals surface area contributed by atoms with Crippen LogP contribution in [0.1, 0.15) is 53.4 Å². The fourth-order valence-electron chi connectivity index (χ4n) is 2.68. The Morgan fingerprint density at radius 1 is 1.32 bits per heavy atom. The van der Waals surface area contributed by atoms with Gasteiger partial charge in [-0.3, -0.25) is 9.59 Å². The van der Waals surface area contributed by atoms with E-state index in [-0.39, 0.29) is 37.0 Å². The summed E-state index contributed by atoms with van der Waals surface area (Å²) in [7, 11) is 0. The van der Waals surface area contributed by atoms with Crippen LogP contribution in [0.15, 0.2) is 17.8 Å². The molecule has 1 aliphatic rings. The summed E-state index contributed by atoms with van der Waals surface area (Å²) in [6, 6.07) is -0.871. The molecule has 1 fully saturated rings. The van der Waals surface area contributed by atoms with Crippen LogP contribution in [0.25, 0.3) is 0 Å². The van der Waals surface area contributed by atoms with Gasteiger partial charge in [-0.05, 0) is 27.2 Å².